The molecule has 7 N–H and O–H groups in total. The molecule has 1 aliphatic carbocycles. The zero-order chi connectivity index (χ0) is 27.2. The second-order valence-corrected chi connectivity index (χ2v) is 9.49. The van der Waals surface area contributed by atoms with Crippen molar-refractivity contribution in [3.05, 3.63) is 59.4 Å². The number of nitrogens with one attached hydrogen (secondary N) is 2. The number of rotatable bonds is 8. The Kier molecular flexibility index (Phi) is 8.25. The van der Waals surface area contributed by atoms with E-state index in [1.54, 1.807) is 12.1 Å². The lowest BCUT2D eigenvalue weighted by atomic mass is 9.90. The maximum absolute atomic E-state index is 13.3. The van der Waals surface area contributed by atoms with Crippen LogP contribution in [-0.4, -0.2) is 58.1 Å². The molecule has 1 aromatic heterocycles. The summed E-state index contributed by atoms with van der Waals surface area (Å²) in [6, 6.07) is 10.9. The first-order chi connectivity index (χ1) is 18.2. The number of hydrogen-bond acceptors (Lipinski definition) is 8. The minimum atomic E-state index is -0.977. The average molecular weight is 520 g/mol. The Balaban J connectivity index is 1.64. The van der Waals surface area contributed by atoms with Crippen LogP contribution in [0.15, 0.2) is 47.5 Å². The third kappa shape index (κ3) is 6.47. The van der Waals surface area contributed by atoms with E-state index >= 15 is 0 Å². The van der Waals surface area contributed by atoms with Gasteiger partial charge in [-0.15, -0.1) is 0 Å². The number of nitrogens with two attached hydrogens (primary N) is 2. The third-order valence-corrected chi connectivity index (χ3v) is 6.59. The van der Waals surface area contributed by atoms with Crippen molar-refractivity contribution in [3.63, 3.8) is 0 Å². The zero-order valence-electron chi connectivity index (χ0n) is 21.5. The van der Waals surface area contributed by atoms with Gasteiger partial charge in [0, 0.05) is 11.8 Å². The van der Waals surface area contributed by atoms with Crippen LogP contribution in [-0.2, 0) is 16.0 Å². The number of nitrogens with zero attached hydrogens (tertiary/aromatic N) is 3. The largest absolute Gasteiger partial charge is 0.508 e. The molecule has 1 heterocycles. The number of amides is 1. The number of benzene rings is 2. The number of aryl methyl sites for hydroxylation is 1. The fourth-order valence-corrected chi connectivity index (χ4v) is 4.68. The number of aromatic hydroxyl groups is 1. The van der Waals surface area contributed by atoms with Crippen molar-refractivity contribution in [1.82, 2.24) is 15.3 Å². The van der Waals surface area contributed by atoms with Gasteiger partial charge in [0.1, 0.15) is 17.6 Å². The SMILES string of the molecule is COC(=O)C(Cc1ccc(O)cc1)NC(=O)c1nc(NC2CCCCC2N=C(N)N)c2cc(C)ccc2n1. The molecule has 11 heteroatoms. The van der Waals surface area contributed by atoms with Crippen molar-refractivity contribution in [2.24, 2.45) is 16.5 Å². The predicted octanol–water partition coefficient (Wildman–Crippen LogP) is 2.15. The van der Waals surface area contributed by atoms with E-state index in [1.165, 1.54) is 19.2 Å². The Morgan fingerprint density at radius 1 is 1.13 bits per heavy atom. The Morgan fingerprint density at radius 2 is 1.87 bits per heavy atom. The molecular weight excluding hydrogens is 486 g/mol. The normalized spacial score (nSPS) is 17.8. The van der Waals surface area contributed by atoms with Gasteiger partial charge in [-0.25, -0.2) is 19.8 Å². The number of anilines is 1. The molecule has 3 aromatic rings. The Hall–Kier alpha value is -4.41. The highest BCUT2D eigenvalue weighted by molar-refractivity contribution is 5.98. The highest BCUT2D eigenvalue weighted by Gasteiger charge is 2.28. The molecule has 1 aliphatic rings. The summed E-state index contributed by atoms with van der Waals surface area (Å²) < 4.78 is 4.91. The fourth-order valence-electron chi connectivity index (χ4n) is 4.68. The smallest absolute Gasteiger partial charge is 0.328 e. The molecule has 0 saturated heterocycles. The number of aliphatic imine (C=N–C) groups is 1. The van der Waals surface area contributed by atoms with E-state index in [0.717, 1.165) is 42.2 Å². The van der Waals surface area contributed by atoms with Crippen molar-refractivity contribution >= 4 is 34.6 Å². The molecule has 3 atom stereocenters. The van der Waals surface area contributed by atoms with Gasteiger partial charge in [0.05, 0.1) is 24.7 Å². The number of aromatic nitrogens is 2. The van der Waals surface area contributed by atoms with E-state index in [0.29, 0.717) is 11.3 Å². The van der Waals surface area contributed by atoms with Crippen molar-refractivity contribution in [2.75, 3.05) is 12.4 Å². The number of methoxy groups -OCH3 is 1. The second-order valence-electron chi connectivity index (χ2n) is 9.49. The van der Waals surface area contributed by atoms with Gasteiger partial charge in [-0.3, -0.25) is 4.79 Å². The molecule has 200 valence electrons. The average Bonchev–Trinajstić information content (AvgIpc) is 2.90. The summed E-state index contributed by atoms with van der Waals surface area (Å²) >= 11 is 0. The molecule has 38 heavy (non-hydrogen) atoms. The van der Waals surface area contributed by atoms with Crippen LogP contribution in [0.1, 0.15) is 47.4 Å². The van der Waals surface area contributed by atoms with Gasteiger partial charge in [-0.2, -0.15) is 0 Å². The van der Waals surface area contributed by atoms with E-state index in [-0.39, 0.29) is 36.0 Å². The lowest BCUT2D eigenvalue weighted by Gasteiger charge is -2.30. The number of hydrogen-bond donors (Lipinski definition) is 5. The Morgan fingerprint density at radius 3 is 2.58 bits per heavy atom. The van der Waals surface area contributed by atoms with Gasteiger partial charge in [-0.05, 0) is 49.6 Å². The van der Waals surface area contributed by atoms with Gasteiger partial charge in [0.2, 0.25) is 5.82 Å². The number of ether oxygens (including phenoxy) is 1. The minimum Gasteiger partial charge on any atom is -0.508 e. The van der Waals surface area contributed by atoms with E-state index < -0.39 is 17.9 Å². The maximum atomic E-state index is 13.3. The van der Waals surface area contributed by atoms with Crippen LogP contribution in [0.3, 0.4) is 0 Å². The predicted molar refractivity (Wildman–Crippen MR) is 145 cm³/mol. The van der Waals surface area contributed by atoms with E-state index in [9.17, 15) is 14.7 Å². The van der Waals surface area contributed by atoms with Crippen LogP contribution >= 0.6 is 0 Å². The number of esters is 1. The summed E-state index contributed by atoms with van der Waals surface area (Å²) in [4.78, 5) is 39.3. The maximum Gasteiger partial charge on any atom is 0.328 e. The summed E-state index contributed by atoms with van der Waals surface area (Å²) in [5.74, 6) is -0.670. The molecule has 0 radical (unpaired) electrons. The molecule has 1 saturated carbocycles. The molecule has 11 nitrogen and oxygen atoms in total. The molecular formula is C27H33N7O4. The van der Waals surface area contributed by atoms with Crippen molar-refractivity contribution in [2.45, 2.75) is 57.2 Å². The number of phenolic OH excluding ortho intramolecular Hbond substituents is 1. The molecule has 2 aromatic carbocycles. The standard InChI is InChI=1S/C27H33N7O4/c1-15-7-12-19-18(13-15)23(31-20-5-3-4-6-21(20)33-27(28)29)34-24(30-19)25(36)32-22(26(37)38-2)14-16-8-10-17(35)11-9-16/h7-13,20-22,35H,3-6,14H2,1-2H3,(H,32,36)(H4,28,29,33)(H,30,31,34). The van der Waals surface area contributed by atoms with Crippen LogP contribution in [0.2, 0.25) is 0 Å². The molecule has 1 fully saturated rings. The molecule has 0 spiro atoms. The summed E-state index contributed by atoms with van der Waals surface area (Å²) in [5, 5.41) is 16.5. The van der Waals surface area contributed by atoms with Gasteiger partial charge in [0.15, 0.2) is 5.96 Å². The lowest BCUT2D eigenvalue weighted by Crippen LogP contribution is -2.43. The highest BCUT2D eigenvalue weighted by atomic mass is 16.5. The minimum absolute atomic E-state index is 0.0367. The first-order valence-electron chi connectivity index (χ1n) is 12.5. The van der Waals surface area contributed by atoms with Crippen LogP contribution in [0.25, 0.3) is 10.9 Å². The van der Waals surface area contributed by atoms with Gasteiger partial charge >= 0.3 is 5.97 Å². The molecule has 3 unspecified atom stereocenters. The molecule has 0 bridgehead atoms. The quantitative estimate of drug-likeness (QED) is 0.169. The number of phenols is 1. The van der Waals surface area contributed by atoms with Crippen LogP contribution in [0, 0.1) is 6.92 Å². The van der Waals surface area contributed by atoms with Gasteiger partial charge in [-0.1, -0.05) is 36.6 Å². The summed E-state index contributed by atoms with van der Waals surface area (Å²) in [7, 11) is 1.26. The van der Waals surface area contributed by atoms with Gasteiger partial charge < -0.3 is 31.9 Å². The zero-order valence-corrected chi connectivity index (χ0v) is 21.5. The van der Waals surface area contributed by atoms with Crippen LogP contribution in [0.4, 0.5) is 5.82 Å². The molecule has 1 amide bonds. The Labute approximate surface area is 220 Å². The molecule has 0 aliphatic heterocycles. The second kappa shape index (κ2) is 11.8. The van der Waals surface area contributed by atoms with Crippen LogP contribution < -0.4 is 22.1 Å². The Bertz CT molecular complexity index is 1340. The van der Waals surface area contributed by atoms with Crippen molar-refractivity contribution in [3.8, 4) is 5.75 Å². The number of fused-ring (bicyclic) bond motifs is 1. The summed E-state index contributed by atoms with van der Waals surface area (Å²) in [5.41, 5.74) is 13.7. The van der Waals surface area contributed by atoms with E-state index in [2.05, 4.69) is 25.6 Å². The third-order valence-electron chi connectivity index (χ3n) is 6.59. The number of guanidine groups is 1. The number of carbonyl (C=O) groups is 2. The first kappa shape index (κ1) is 26.6. The summed E-state index contributed by atoms with van der Waals surface area (Å²) in [6.07, 6.45) is 3.88. The summed E-state index contributed by atoms with van der Waals surface area (Å²) in [6.45, 7) is 1.97. The van der Waals surface area contributed by atoms with Crippen molar-refractivity contribution < 1.29 is 19.4 Å². The van der Waals surface area contributed by atoms with E-state index in [4.69, 9.17) is 16.2 Å². The van der Waals surface area contributed by atoms with Crippen molar-refractivity contribution in [1.29, 1.82) is 0 Å². The topological polar surface area (TPSA) is 178 Å². The number of carbonyl (C=O) groups excluding carboxylic acids is 2. The highest BCUT2D eigenvalue weighted by Crippen LogP contribution is 2.28. The van der Waals surface area contributed by atoms with E-state index in [1.807, 2.05) is 25.1 Å². The monoisotopic (exact) mass is 519 g/mol. The van der Waals surface area contributed by atoms with Crippen LogP contribution in [0.5, 0.6) is 5.75 Å². The lowest BCUT2D eigenvalue weighted by molar-refractivity contribution is -0.142. The first-order valence-corrected chi connectivity index (χ1v) is 12.5. The fraction of sp³-hybridized carbons (Fsp3) is 0.370. The molecule has 4 rings (SSSR count). The van der Waals surface area contributed by atoms with Gasteiger partial charge in [0.25, 0.3) is 5.91 Å².